The third kappa shape index (κ3) is 8.45. The smallest absolute Gasteiger partial charge is 0.252 e. The average molecular weight is 645 g/mol. The Morgan fingerprint density at radius 2 is 1.87 bits per heavy atom. The van der Waals surface area contributed by atoms with Crippen LogP contribution in [0.5, 0.6) is 5.75 Å². The van der Waals surface area contributed by atoms with Crippen LogP contribution < -0.4 is 54.6 Å². The van der Waals surface area contributed by atoms with Gasteiger partial charge < -0.3 is 48.0 Å². The molecule has 13 N–H and O–H groups in total. The van der Waals surface area contributed by atoms with Crippen LogP contribution in [-0.2, 0) is 11.3 Å². The summed E-state index contributed by atoms with van der Waals surface area (Å²) in [6.07, 6.45) is 2.87. The Bertz CT molecular complexity index is 1800. The number of fused-ring (bicyclic) bond motifs is 1. The third-order valence-corrected chi connectivity index (χ3v) is 6.90. The van der Waals surface area contributed by atoms with E-state index in [1.54, 1.807) is 43.4 Å². The Morgan fingerprint density at radius 1 is 1.06 bits per heavy atom. The summed E-state index contributed by atoms with van der Waals surface area (Å²) in [5.41, 5.74) is 23.0. The fourth-order valence-corrected chi connectivity index (χ4v) is 4.52. The summed E-state index contributed by atoms with van der Waals surface area (Å²) in [5.74, 6) is 4.93. The molecule has 0 aliphatic heterocycles. The van der Waals surface area contributed by atoms with E-state index < -0.39 is 11.9 Å². The predicted octanol–water partition coefficient (Wildman–Crippen LogP) is -0.162. The molecule has 246 valence electrons. The molecule has 4 aromatic rings. The summed E-state index contributed by atoms with van der Waals surface area (Å²) in [7, 11) is 3.20. The van der Waals surface area contributed by atoms with Crippen LogP contribution in [0.3, 0.4) is 0 Å². The minimum absolute atomic E-state index is 0.00758. The summed E-state index contributed by atoms with van der Waals surface area (Å²) >= 11 is 0. The summed E-state index contributed by atoms with van der Waals surface area (Å²) in [4.78, 5) is 54.2. The monoisotopic (exact) mass is 644 g/mol. The van der Waals surface area contributed by atoms with Gasteiger partial charge in [-0.2, -0.15) is 9.97 Å². The fourth-order valence-electron chi connectivity index (χ4n) is 4.52. The number of methoxy groups -OCH3 is 1. The van der Waals surface area contributed by atoms with Crippen LogP contribution in [0.4, 0.5) is 23.1 Å². The molecule has 18 nitrogen and oxygen atoms in total. The number of nitrogen functional groups attached to an aromatic ring is 2. The van der Waals surface area contributed by atoms with Crippen molar-refractivity contribution in [2.75, 3.05) is 42.8 Å². The van der Waals surface area contributed by atoms with Gasteiger partial charge in [-0.25, -0.2) is 21.3 Å². The van der Waals surface area contributed by atoms with Gasteiger partial charge in [0.2, 0.25) is 5.95 Å². The Balaban J connectivity index is 1.31. The Hall–Kier alpha value is -6.30. The number of nitrogens with two attached hydrogens (primary N) is 4. The van der Waals surface area contributed by atoms with Crippen LogP contribution in [0.2, 0.25) is 0 Å². The second-order valence-corrected chi connectivity index (χ2v) is 10.0. The quantitative estimate of drug-likeness (QED) is 0.0203. The first-order chi connectivity index (χ1) is 22.7. The number of hydrazone groups is 1. The highest BCUT2D eigenvalue weighted by atomic mass is 16.5. The van der Waals surface area contributed by atoms with E-state index in [0.29, 0.717) is 46.5 Å². The highest BCUT2D eigenvalue weighted by molar-refractivity contribution is 6.09. The molecule has 4 rings (SSSR count). The molecule has 0 saturated heterocycles. The van der Waals surface area contributed by atoms with E-state index in [-0.39, 0.29) is 54.2 Å². The Kier molecular flexibility index (Phi) is 11.2. The van der Waals surface area contributed by atoms with Gasteiger partial charge in [-0.1, -0.05) is 0 Å². The van der Waals surface area contributed by atoms with E-state index in [1.807, 2.05) is 0 Å². The van der Waals surface area contributed by atoms with Crippen LogP contribution in [0.25, 0.3) is 11.2 Å². The zero-order valence-electron chi connectivity index (χ0n) is 25.7. The van der Waals surface area contributed by atoms with E-state index >= 15 is 0 Å². The number of aldehydes is 1. The Morgan fingerprint density at radius 3 is 2.60 bits per heavy atom. The largest absolute Gasteiger partial charge is 0.495 e. The van der Waals surface area contributed by atoms with Gasteiger partial charge in [0, 0.05) is 30.4 Å². The van der Waals surface area contributed by atoms with Gasteiger partial charge in [-0.05, 0) is 49.2 Å². The van der Waals surface area contributed by atoms with Gasteiger partial charge in [0.25, 0.3) is 11.8 Å². The number of rotatable bonds is 15. The van der Waals surface area contributed by atoms with E-state index in [2.05, 4.69) is 51.8 Å². The van der Waals surface area contributed by atoms with E-state index in [4.69, 9.17) is 27.8 Å². The number of hydrazine groups is 1. The Labute approximate surface area is 269 Å². The minimum Gasteiger partial charge on any atom is -0.495 e. The molecule has 18 heteroatoms. The molecule has 0 aliphatic carbocycles. The number of hydrogen-bond acceptors (Lipinski definition) is 15. The van der Waals surface area contributed by atoms with Crippen molar-refractivity contribution in [2.45, 2.75) is 25.4 Å². The van der Waals surface area contributed by atoms with Gasteiger partial charge in [0.05, 0.1) is 42.8 Å². The lowest BCUT2D eigenvalue weighted by Gasteiger charge is -2.16. The maximum Gasteiger partial charge on any atom is 0.252 e. The van der Waals surface area contributed by atoms with Crippen LogP contribution in [-0.4, -0.2) is 70.6 Å². The number of ether oxygens (including phenoxy) is 1. The third-order valence-electron chi connectivity index (χ3n) is 6.90. The summed E-state index contributed by atoms with van der Waals surface area (Å²) < 4.78 is 5.48. The number of amidine groups is 1. The highest BCUT2D eigenvalue weighted by Gasteiger charge is 2.18. The van der Waals surface area contributed by atoms with Gasteiger partial charge >= 0.3 is 0 Å². The first-order valence-corrected chi connectivity index (χ1v) is 14.3. The number of anilines is 4. The molecule has 0 saturated carbocycles. The van der Waals surface area contributed by atoms with Crippen molar-refractivity contribution < 1.29 is 19.1 Å². The normalized spacial score (nSPS) is 11.8. The van der Waals surface area contributed by atoms with Crippen molar-refractivity contribution in [2.24, 2.45) is 16.7 Å². The van der Waals surface area contributed by atoms with E-state index in [9.17, 15) is 14.4 Å². The molecule has 47 heavy (non-hydrogen) atoms. The highest BCUT2D eigenvalue weighted by Crippen LogP contribution is 2.26. The molecule has 2 amide bonds. The number of hydrogen-bond donors (Lipinski definition) is 9. The number of carbonyl (C=O) groups is 3. The number of benzene rings is 2. The van der Waals surface area contributed by atoms with Crippen molar-refractivity contribution in [1.29, 1.82) is 0 Å². The topological polar surface area (TPSA) is 289 Å². The van der Waals surface area contributed by atoms with Crippen molar-refractivity contribution in [3.05, 3.63) is 65.0 Å². The van der Waals surface area contributed by atoms with Gasteiger partial charge in [0.1, 0.15) is 12.0 Å². The lowest BCUT2D eigenvalue weighted by atomic mass is 10.0. The van der Waals surface area contributed by atoms with Crippen molar-refractivity contribution in [3.8, 4) is 5.75 Å². The number of aromatic nitrogens is 4. The lowest BCUT2D eigenvalue weighted by molar-refractivity contribution is -0.109. The molecular formula is C29H36N14O4. The zero-order chi connectivity index (χ0) is 33.9. The minimum atomic E-state index is -0.787. The number of nitrogens with zero attached hydrogens (tertiary/aromatic N) is 5. The summed E-state index contributed by atoms with van der Waals surface area (Å²) in [5, 5.41) is 15.4. The number of amides is 2. The molecule has 1 atom stereocenters. The molecule has 0 spiro atoms. The second-order valence-electron chi connectivity index (χ2n) is 10.0. The first-order valence-electron chi connectivity index (χ1n) is 14.3. The van der Waals surface area contributed by atoms with E-state index in [0.717, 1.165) is 5.69 Å². The molecule has 2 heterocycles. The molecule has 0 fully saturated rings. The maximum atomic E-state index is 13.0. The van der Waals surface area contributed by atoms with Crippen molar-refractivity contribution in [1.82, 2.24) is 36.1 Å². The van der Waals surface area contributed by atoms with Crippen LogP contribution in [0.15, 0.2) is 47.7 Å². The van der Waals surface area contributed by atoms with E-state index in [1.165, 1.54) is 13.3 Å². The summed E-state index contributed by atoms with van der Waals surface area (Å²) in [6, 6.07) is 9.03. The van der Waals surface area contributed by atoms with Crippen LogP contribution in [0.1, 0.15) is 44.8 Å². The SMILES string of the molecule is CNc1ccc(C(=O)NCCCC(C=O)NC(=O)c2ccc(NCc3cnc4nc(N)nc(N)c4n3)c(OC)c2)c(/C(N)=N/NN)c1. The molecule has 0 bridgehead atoms. The molecular weight excluding hydrogens is 608 g/mol. The van der Waals surface area contributed by atoms with Crippen LogP contribution in [0, 0.1) is 0 Å². The van der Waals surface area contributed by atoms with Gasteiger partial charge in [-0.15, -0.1) is 5.10 Å². The molecule has 1 unspecified atom stereocenters. The number of nitrogens with one attached hydrogen (secondary N) is 5. The lowest BCUT2D eigenvalue weighted by Crippen LogP contribution is -2.37. The van der Waals surface area contributed by atoms with Crippen LogP contribution >= 0.6 is 0 Å². The fraction of sp³-hybridized carbons (Fsp3) is 0.241. The first kappa shape index (κ1) is 33.6. The average Bonchev–Trinajstić information content (AvgIpc) is 3.08. The summed E-state index contributed by atoms with van der Waals surface area (Å²) in [6.45, 7) is 0.495. The number of carbonyl (C=O) groups excluding carboxylic acids is 3. The standard InChI is InChI=1S/C29H36N14O4/c1-34-16-6-7-19(20(11-16)24(30)42-43-33)28(46)35-9-3-4-17(14-44)39-27(45)15-5-8-21(22(10-15)47-2)36-12-18-13-37-26-23(38-18)25(31)40-29(32)41-26/h5-8,10-11,13-14,17,34,36,43H,3-4,9,12,33H2,1-2H3,(H2,30,42)(H,35,46)(H,39,45)(H4,31,32,37,40,41). The molecule has 0 aliphatic rings. The molecule has 2 aromatic carbocycles. The second kappa shape index (κ2) is 15.6. The molecule has 2 aromatic heterocycles. The molecule has 0 radical (unpaired) electrons. The van der Waals surface area contributed by atoms with Gasteiger partial charge in [-0.3, -0.25) is 9.59 Å². The predicted molar refractivity (Wildman–Crippen MR) is 177 cm³/mol. The maximum absolute atomic E-state index is 13.0. The van der Waals surface area contributed by atoms with Gasteiger partial charge in [0.15, 0.2) is 22.8 Å². The zero-order valence-corrected chi connectivity index (χ0v) is 25.7. The van der Waals surface area contributed by atoms with Crippen molar-refractivity contribution >= 4 is 58.2 Å². The van der Waals surface area contributed by atoms with Crippen molar-refractivity contribution in [3.63, 3.8) is 0 Å².